The van der Waals surface area contributed by atoms with Crippen molar-refractivity contribution >= 4 is 21.7 Å². The molecule has 3 rings (SSSR count). The third-order valence-electron chi connectivity index (χ3n) is 3.60. The second kappa shape index (κ2) is 4.41. The predicted octanol–water partition coefficient (Wildman–Crippen LogP) is 3.40. The van der Waals surface area contributed by atoms with Gasteiger partial charge in [0.1, 0.15) is 0 Å². The fraction of sp³-hybridized carbons (Fsp3) is 0.538. The van der Waals surface area contributed by atoms with E-state index in [-0.39, 0.29) is 0 Å². The summed E-state index contributed by atoms with van der Waals surface area (Å²) in [7, 11) is 0. The van der Waals surface area contributed by atoms with Gasteiger partial charge in [-0.15, -0.1) is 0 Å². The van der Waals surface area contributed by atoms with Crippen LogP contribution in [0.4, 0.5) is 0 Å². The molecule has 1 atom stereocenters. The molecule has 0 aliphatic heterocycles. The molecule has 2 aromatic rings. The first-order chi connectivity index (χ1) is 8.28. The number of nitrogens with zero attached hydrogens (tertiary/aromatic N) is 3. The van der Waals surface area contributed by atoms with Crippen molar-refractivity contribution in [3.63, 3.8) is 0 Å². The van der Waals surface area contributed by atoms with Crippen LogP contribution in [0.5, 0.6) is 0 Å². The first-order valence-corrected chi connectivity index (χ1v) is 7.08. The molecule has 17 heavy (non-hydrogen) atoms. The average Bonchev–Trinajstić information content (AvgIpc) is 2.67. The van der Waals surface area contributed by atoms with E-state index < -0.39 is 0 Å². The molecule has 3 nitrogen and oxygen atoms in total. The second-order valence-electron chi connectivity index (χ2n) is 4.84. The monoisotopic (exact) mass is 293 g/mol. The molecule has 4 heteroatoms. The van der Waals surface area contributed by atoms with E-state index in [1.54, 1.807) is 0 Å². The van der Waals surface area contributed by atoms with E-state index >= 15 is 0 Å². The number of aryl methyl sites for hydroxylation is 1. The Labute approximate surface area is 109 Å². The molecule has 1 unspecified atom stereocenters. The summed E-state index contributed by atoms with van der Waals surface area (Å²) >= 11 is 3.48. The quantitative estimate of drug-likeness (QED) is 0.849. The summed E-state index contributed by atoms with van der Waals surface area (Å²) in [6.07, 6.45) is 10.1. The molecule has 2 heterocycles. The third kappa shape index (κ3) is 1.99. The molecule has 0 aromatic carbocycles. The van der Waals surface area contributed by atoms with Gasteiger partial charge in [-0.25, -0.2) is 9.97 Å². The van der Waals surface area contributed by atoms with Crippen LogP contribution in [0.15, 0.2) is 16.9 Å². The second-order valence-corrected chi connectivity index (χ2v) is 5.76. The van der Waals surface area contributed by atoms with Gasteiger partial charge >= 0.3 is 0 Å². The summed E-state index contributed by atoms with van der Waals surface area (Å²) < 4.78 is 3.17. The maximum atomic E-state index is 4.62. The van der Waals surface area contributed by atoms with Crippen molar-refractivity contribution < 1.29 is 0 Å². The highest BCUT2D eigenvalue weighted by atomic mass is 79.9. The predicted molar refractivity (Wildman–Crippen MR) is 71.1 cm³/mol. The summed E-state index contributed by atoms with van der Waals surface area (Å²) in [5, 5.41) is 0. The Kier molecular flexibility index (Phi) is 2.90. The van der Waals surface area contributed by atoms with E-state index in [0.717, 1.165) is 29.0 Å². The summed E-state index contributed by atoms with van der Waals surface area (Å²) in [5.41, 5.74) is 2.63. The van der Waals surface area contributed by atoms with Gasteiger partial charge in [0, 0.05) is 18.1 Å². The van der Waals surface area contributed by atoms with Crippen molar-refractivity contribution in [2.24, 2.45) is 5.92 Å². The van der Waals surface area contributed by atoms with Crippen LogP contribution in [0, 0.1) is 5.92 Å². The third-order valence-corrected chi connectivity index (χ3v) is 4.01. The van der Waals surface area contributed by atoms with E-state index in [1.165, 1.54) is 30.7 Å². The number of aromatic nitrogens is 3. The van der Waals surface area contributed by atoms with Gasteiger partial charge in [-0.05, 0) is 41.1 Å². The van der Waals surface area contributed by atoms with E-state index in [2.05, 4.69) is 43.4 Å². The highest BCUT2D eigenvalue weighted by Crippen LogP contribution is 2.28. The van der Waals surface area contributed by atoms with Crippen molar-refractivity contribution in [1.29, 1.82) is 0 Å². The zero-order chi connectivity index (χ0) is 11.8. The minimum absolute atomic E-state index is 0.825. The van der Waals surface area contributed by atoms with Crippen LogP contribution in [0.1, 0.15) is 37.6 Å². The first-order valence-electron chi connectivity index (χ1n) is 6.29. The van der Waals surface area contributed by atoms with Crippen LogP contribution < -0.4 is 0 Å². The van der Waals surface area contributed by atoms with Crippen LogP contribution in [0.25, 0.3) is 5.78 Å². The van der Waals surface area contributed by atoms with Gasteiger partial charge in [0.15, 0.2) is 0 Å². The largest absolute Gasteiger partial charge is 0.287 e. The maximum absolute atomic E-state index is 4.62. The van der Waals surface area contributed by atoms with Crippen molar-refractivity contribution in [2.75, 3.05) is 0 Å². The van der Waals surface area contributed by atoms with Crippen molar-refractivity contribution in [2.45, 2.75) is 39.0 Å². The van der Waals surface area contributed by atoms with Crippen LogP contribution in [0.2, 0.25) is 0 Å². The standard InChI is InChI=1S/C13H16BrN3/c1-2-3-9-4-5-11-12(6-9)17-8-10(14)7-15-13(17)16-11/h7-9H,2-6H2,1H3. The Hall–Kier alpha value is -0.900. The smallest absolute Gasteiger partial charge is 0.234 e. The van der Waals surface area contributed by atoms with Gasteiger partial charge in [0.2, 0.25) is 5.78 Å². The fourth-order valence-corrected chi connectivity index (χ4v) is 3.10. The van der Waals surface area contributed by atoms with Gasteiger partial charge in [-0.2, -0.15) is 0 Å². The van der Waals surface area contributed by atoms with Crippen LogP contribution in [-0.2, 0) is 12.8 Å². The summed E-state index contributed by atoms with van der Waals surface area (Å²) in [5.74, 6) is 1.67. The van der Waals surface area contributed by atoms with Gasteiger partial charge in [-0.1, -0.05) is 19.8 Å². The number of fused-ring (bicyclic) bond motifs is 3. The molecule has 0 spiro atoms. The van der Waals surface area contributed by atoms with Crippen molar-refractivity contribution in [3.05, 3.63) is 28.3 Å². The molecule has 90 valence electrons. The molecular formula is C13H16BrN3. The average molecular weight is 294 g/mol. The number of halogens is 1. The lowest BCUT2D eigenvalue weighted by molar-refractivity contribution is 0.414. The molecule has 1 aliphatic carbocycles. The van der Waals surface area contributed by atoms with Gasteiger partial charge in [0.25, 0.3) is 0 Å². The Morgan fingerprint density at radius 3 is 3.24 bits per heavy atom. The highest BCUT2D eigenvalue weighted by Gasteiger charge is 2.23. The fourth-order valence-electron chi connectivity index (χ4n) is 2.79. The summed E-state index contributed by atoms with van der Waals surface area (Å²) in [6, 6.07) is 0. The van der Waals surface area contributed by atoms with Crippen molar-refractivity contribution in [1.82, 2.24) is 14.4 Å². The highest BCUT2D eigenvalue weighted by molar-refractivity contribution is 9.10. The summed E-state index contributed by atoms with van der Waals surface area (Å²) in [4.78, 5) is 8.98. The van der Waals surface area contributed by atoms with E-state index in [9.17, 15) is 0 Å². The van der Waals surface area contributed by atoms with Crippen LogP contribution in [-0.4, -0.2) is 14.4 Å². The molecule has 0 saturated carbocycles. The zero-order valence-electron chi connectivity index (χ0n) is 9.99. The molecule has 0 radical (unpaired) electrons. The van der Waals surface area contributed by atoms with Gasteiger partial charge in [0.05, 0.1) is 10.2 Å². The van der Waals surface area contributed by atoms with E-state index in [0.29, 0.717) is 0 Å². The lowest BCUT2D eigenvalue weighted by Gasteiger charge is -2.21. The molecule has 0 fully saturated rings. The number of rotatable bonds is 2. The lowest BCUT2D eigenvalue weighted by Crippen LogP contribution is -2.15. The molecule has 0 saturated heterocycles. The molecule has 0 N–H and O–H groups in total. The molecular weight excluding hydrogens is 278 g/mol. The molecule has 0 amide bonds. The minimum Gasteiger partial charge on any atom is -0.287 e. The van der Waals surface area contributed by atoms with Gasteiger partial charge in [-0.3, -0.25) is 4.40 Å². The summed E-state index contributed by atoms with van der Waals surface area (Å²) in [6.45, 7) is 2.27. The zero-order valence-corrected chi connectivity index (χ0v) is 11.6. The van der Waals surface area contributed by atoms with E-state index in [4.69, 9.17) is 0 Å². The lowest BCUT2D eigenvalue weighted by atomic mass is 9.87. The van der Waals surface area contributed by atoms with Crippen LogP contribution >= 0.6 is 15.9 Å². The number of hydrogen-bond donors (Lipinski definition) is 0. The minimum atomic E-state index is 0.825. The van der Waals surface area contributed by atoms with Crippen molar-refractivity contribution in [3.8, 4) is 0 Å². The Bertz CT molecular complexity index is 547. The molecule has 1 aliphatic rings. The Morgan fingerprint density at radius 2 is 2.41 bits per heavy atom. The van der Waals surface area contributed by atoms with Crippen LogP contribution in [0.3, 0.4) is 0 Å². The molecule has 2 aromatic heterocycles. The number of hydrogen-bond acceptors (Lipinski definition) is 2. The molecule has 0 bridgehead atoms. The Morgan fingerprint density at radius 1 is 1.53 bits per heavy atom. The number of imidazole rings is 1. The first kappa shape index (κ1) is 11.2. The Balaban J connectivity index is 2.04. The topological polar surface area (TPSA) is 30.2 Å². The maximum Gasteiger partial charge on any atom is 0.234 e. The van der Waals surface area contributed by atoms with E-state index in [1.807, 2.05) is 6.20 Å². The van der Waals surface area contributed by atoms with Gasteiger partial charge < -0.3 is 0 Å². The SMILES string of the molecule is CCCC1CCc2nc3ncc(Br)cn3c2C1. The normalized spacial score (nSPS) is 19.5.